The monoisotopic (exact) mass is 482 g/mol. The van der Waals surface area contributed by atoms with Crippen molar-refractivity contribution >= 4 is 15.7 Å². The van der Waals surface area contributed by atoms with Gasteiger partial charge in [0.1, 0.15) is 11.8 Å². The maximum atomic E-state index is 12.6. The van der Waals surface area contributed by atoms with Crippen LogP contribution in [-0.2, 0) is 21.2 Å². The van der Waals surface area contributed by atoms with E-state index in [4.69, 9.17) is 15.2 Å². The van der Waals surface area contributed by atoms with Gasteiger partial charge in [-0.15, -0.1) is 0 Å². The van der Waals surface area contributed by atoms with Crippen molar-refractivity contribution in [3.8, 4) is 28.7 Å². The molecule has 1 aromatic carbocycles. The number of aryl methyl sites for hydroxylation is 1. The molecular weight excluding hydrogens is 460 g/mol. The molecule has 0 unspecified atom stereocenters. The molecule has 0 saturated heterocycles. The van der Waals surface area contributed by atoms with Crippen molar-refractivity contribution in [1.82, 2.24) is 15.0 Å². The largest absolute Gasteiger partial charge is 0.454 e. The topological polar surface area (TPSA) is 151 Å². The summed E-state index contributed by atoms with van der Waals surface area (Å²) in [4.78, 5) is 28.5. The van der Waals surface area contributed by atoms with E-state index in [1.165, 1.54) is 35.4 Å². The summed E-state index contributed by atoms with van der Waals surface area (Å²) in [5.41, 5.74) is 2.54. The van der Waals surface area contributed by atoms with Gasteiger partial charge in [0.2, 0.25) is 0 Å². The van der Waals surface area contributed by atoms with Gasteiger partial charge < -0.3 is 9.30 Å². The predicted molar refractivity (Wildman–Crippen MR) is 123 cm³/mol. The normalized spacial score (nSPS) is 12.9. The zero-order chi connectivity index (χ0) is 24.9. The number of nitriles is 1. The van der Waals surface area contributed by atoms with Gasteiger partial charge in [0, 0.05) is 31.3 Å². The summed E-state index contributed by atoms with van der Waals surface area (Å²) in [7, 11) is -3.86. The average molecular weight is 483 g/mol. The Bertz CT molecular complexity index is 1410. The van der Waals surface area contributed by atoms with Gasteiger partial charge >= 0.3 is 0 Å². The summed E-state index contributed by atoms with van der Waals surface area (Å²) in [5, 5.41) is 18.0. The molecule has 2 aromatic heterocycles. The lowest BCUT2D eigenvalue weighted by molar-refractivity contribution is -0.131. The summed E-state index contributed by atoms with van der Waals surface area (Å²) in [6, 6.07) is 15.2. The first kappa shape index (κ1) is 24.6. The number of nitrogens with zero attached hydrogens (tertiary/aromatic N) is 3. The molecule has 0 aliphatic carbocycles. The molecule has 0 fully saturated rings. The van der Waals surface area contributed by atoms with Gasteiger partial charge in [-0.2, -0.15) is 5.26 Å². The number of nitrogens with one attached hydrogen (secondary N) is 1. The second kappa shape index (κ2) is 9.86. The summed E-state index contributed by atoms with van der Waals surface area (Å²) < 4.78 is 29.3. The Morgan fingerprint density at radius 2 is 1.94 bits per heavy atom. The summed E-state index contributed by atoms with van der Waals surface area (Å²) in [6.07, 6.45) is 3.70. The first-order valence-corrected chi connectivity index (χ1v) is 12.0. The van der Waals surface area contributed by atoms with Crippen molar-refractivity contribution in [2.45, 2.75) is 24.6 Å². The first-order chi connectivity index (χ1) is 16.1. The lowest BCUT2D eigenvalue weighted by atomic mass is 10.1. The maximum Gasteiger partial charge on any atom is 0.264 e. The van der Waals surface area contributed by atoms with E-state index < -0.39 is 20.5 Å². The van der Waals surface area contributed by atoms with Crippen molar-refractivity contribution in [2.24, 2.45) is 0 Å². The second-order valence-corrected chi connectivity index (χ2v) is 10.2. The highest BCUT2D eigenvalue weighted by Gasteiger charge is 2.43. The molecule has 1 atom stereocenters. The number of hydrogen-bond acceptors (Lipinski definition) is 8. The zero-order valence-corrected chi connectivity index (χ0v) is 19.2. The molecule has 10 nitrogen and oxygen atoms in total. The molecule has 3 rings (SSSR count). The Labute approximate surface area is 196 Å². The first-order valence-electron chi connectivity index (χ1n) is 10.1. The fraction of sp³-hybridized carbons (Fsp3) is 0.217. The van der Waals surface area contributed by atoms with Gasteiger partial charge in [0.05, 0.1) is 0 Å². The van der Waals surface area contributed by atoms with Gasteiger partial charge in [-0.3, -0.25) is 14.8 Å². The molecule has 0 saturated carbocycles. The van der Waals surface area contributed by atoms with E-state index in [0.29, 0.717) is 17.1 Å². The number of carbonyl (C=O) groups excluding carboxylic acids is 1. The van der Waals surface area contributed by atoms with E-state index in [1.807, 2.05) is 6.07 Å². The molecule has 0 radical (unpaired) electrons. The van der Waals surface area contributed by atoms with Crippen LogP contribution in [0, 0.1) is 11.3 Å². The third kappa shape index (κ3) is 5.14. The fourth-order valence-corrected chi connectivity index (χ4v) is 4.04. The number of rotatable bonds is 8. The lowest BCUT2D eigenvalue weighted by Crippen LogP contribution is -2.49. The molecule has 11 heteroatoms. The van der Waals surface area contributed by atoms with E-state index in [-0.39, 0.29) is 24.2 Å². The molecule has 1 amide bonds. The van der Waals surface area contributed by atoms with Gasteiger partial charge in [0.25, 0.3) is 11.5 Å². The van der Waals surface area contributed by atoms with Crippen LogP contribution in [0.1, 0.15) is 19.0 Å². The Balaban J connectivity index is 1.77. The molecule has 0 bridgehead atoms. The molecule has 0 aliphatic rings. The fourth-order valence-electron chi connectivity index (χ4n) is 3.19. The Morgan fingerprint density at radius 3 is 2.53 bits per heavy atom. The third-order valence-electron chi connectivity index (χ3n) is 5.52. The molecule has 0 aliphatic heterocycles. The average Bonchev–Trinajstić information content (AvgIpc) is 2.82. The summed E-state index contributed by atoms with van der Waals surface area (Å²) in [5.74, 6) is -0.240. The number of sulfone groups is 1. The van der Waals surface area contributed by atoms with Crippen LogP contribution in [0.4, 0.5) is 0 Å². The number of hydroxylamine groups is 1. The van der Waals surface area contributed by atoms with Crippen LogP contribution in [0.15, 0.2) is 65.7 Å². The minimum absolute atomic E-state index is 0.0464. The van der Waals surface area contributed by atoms with Gasteiger partial charge in [0.15, 0.2) is 26.0 Å². The Kier molecular flexibility index (Phi) is 7.14. The van der Waals surface area contributed by atoms with E-state index >= 15 is 0 Å². The van der Waals surface area contributed by atoms with Gasteiger partial charge in [-0.1, -0.05) is 12.1 Å². The van der Waals surface area contributed by atoms with Crippen LogP contribution >= 0.6 is 0 Å². The molecule has 2 N–H and O–H groups in total. The number of benzene rings is 1. The molecule has 3 aromatic rings. The third-order valence-corrected chi connectivity index (χ3v) is 7.54. The number of aromatic nitrogens is 2. The highest BCUT2D eigenvalue weighted by Crippen LogP contribution is 2.27. The second-order valence-electron chi connectivity index (χ2n) is 7.73. The van der Waals surface area contributed by atoms with Crippen LogP contribution in [0.2, 0.25) is 0 Å². The van der Waals surface area contributed by atoms with Crippen molar-refractivity contribution < 1.29 is 23.2 Å². The number of hydrogen-bond donors (Lipinski definition) is 2. The van der Waals surface area contributed by atoms with Crippen molar-refractivity contribution in [3.05, 3.63) is 77.0 Å². The molecule has 34 heavy (non-hydrogen) atoms. The van der Waals surface area contributed by atoms with Crippen LogP contribution in [-0.4, -0.2) is 40.1 Å². The quantitative estimate of drug-likeness (QED) is 0.366. The highest BCUT2D eigenvalue weighted by atomic mass is 32.2. The Morgan fingerprint density at radius 1 is 1.24 bits per heavy atom. The Hall–Kier alpha value is -4.01. The van der Waals surface area contributed by atoms with Crippen molar-refractivity contribution in [3.63, 3.8) is 0 Å². The van der Waals surface area contributed by atoms with Crippen LogP contribution in [0.5, 0.6) is 11.5 Å². The van der Waals surface area contributed by atoms with Crippen LogP contribution < -0.4 is 15.8 Å². The van der Waals surface area contributed by atoms with Crippen LogP contribution in [0.25, 0.3) is 11.1 Å². The van der Waals surface area contributed by atoms with E-state index in [9.17, 15) is 18.0 Å². The van der Waals surface area contributed by atoms with E-state index in [2.05, 4.69) is 4.98 Å². The molecular formula is C23H22N4O6S. The van der Waals surface area contributed by atoms with Crippen molar-refractivity contribution in [2.75, 3.05) is 6.26 Å². The summed E-state index contributed by atoms with van der Waals surface area (Å²) >= 11 is 0. The number of amides is 1. The van der Waals surface area contributed by atoms with E-state index in [1.54, 1.807) is 42.5 Å². The van der Waals surface area contributed by atoms with E-state index in [0.717, 1.165) is 11.8 Å². The maximum absolute atomic E-state index is 12.6. The summed E-state index contributed by atoms with van der Waals surface area (Å²) in [6.45, 7) is 1.15. The van der Waals surface area contributed by atoms with Gasteiger partial charge in [-0.25, -0.2) is 18.9 Å². The predicted octanol–water partition coefficient (Wildman–Crippen LogP) is 2.27. The SMILES string of the molecule is C[C@@](CCn1ccc(-c2ccc(Oc3cccnc3C#N)cc2)cc1=O)(C(=O)NO)S(C)(=O)=O. The standard InChI is InChI=1S/C23H22N4O6S/c1-23(22(29)26-30,34(2,31)32)10-13-27-12-9-17(14-21(27)28)16-5-7-18(8-6-16)33-20-4-3-11-25-19(20)15-24/h3-9,11-12,14,30H,10,13H2,1-2H3,(H,26,29)/t23-/m1/s1. The number of carbonyl (C=O) groups is 1. The molecule has 0 spiro atoms. The zero-order valence-electron chi connectivity index (χ0n) is 18.4. The number of pyridine rings is 2. The lowest BCUT2D eigenvalue weighted by Gasteiger charge is -2.25. The molecule has 176 valence electrons. The minimum atomic E-state index is -3.86. The number of ether oxygens (including phenoxy) is 1. The minimum Gasteiger partial charge on any atom is -0.454 e. The molecule has 2 heterocycles. The smallest absolute Gasteiger partial charge is 0.264 e. The van der Waals surface area contributed by atoms with Gasteiger partial charge in [-0.05, 0) is 54.8 Å². The van der Waals surface area contributed by atoms with Crippen molar-refractivity contribution in [1.29, 1.82) is 5.26 Å². The van der Waals surface area contributed by atoms with Crippen LogP contribution in [0.3, 0.4) is 0 Å². The highest BCUT2D eigenvalue weighted by molar-refractivity contribution is 7.92.